The summed E-state index contributed by atoms with van der Waals surface area (Å²) in [6.07, 6.45) is 1.87. The van der Waals surface area contributed by atoms with E-state index in [2.05, 4.69) is 13.8 Å². The molecule has 0 spiro atoms. The number of carbonyl (C=O) groups is 2. The van der Waals surface area contributed by atoms with Gasteiger partial charge < -0.3 is 4.90 Å². The smallest absolute Gasteiger partial charge is 0.223 e. The fourth-order valence-corrected chi connectivity index (χ4v) is 3.79. The minimum Gasteiger partial charge on any atom is -0.342 e. The van der Waals surface area contributed by atoms with Crippen LogP contribution in [-0.2, 0) is 4.79 Å². The molecule has 1 aliphatic heterocycles. The number of amides is 1. The van der Waals surface area contributed by atoms with Crippen molar-refractivity contribution >= 4 is 23.0 Å². The van der Waals surface area contributed by atoms with Crippen LogP contribution in [0.15, 0.2) is 12.1 Å². The van der Waals surface area contributed by atoms with Gasteiger partial charge in [0.1, 0.15) is 0 Å². The first-order valence-electron chi connectivity index (χ1n) is 7.33. The van der Waals surface area contributed by atoms with Crippen LogP contribution in [0, 0.1) is 18.8 Å². The van der Waals surface area contributed by atoms with Crippen molar-refractivity contribution < 1.29 is 9.59 Å². The lowest BCUT2D eigenvalue weighted by atomic mass is 9.91. The highest BCUT2D eigenvalue weighted by Gasteiger charge is 2.25. The number of carbonyl (C=O) groups excluding carboxylic acids is 2. The molecule has 0 radical (unpaired) electrons. The van der Waals surface area contributed by atoms with E-state index in [1.165, 1.54) is 17.8 Å². The molecule has 0 aromatic carbocycles. The van der Waals surface area contributed by atoms with Gasteiger partial charge >= 0.3 is 0 Å². The lowest BCUT2D eigenvalue weighted by molar-refractivity contribution is -0.133. The average Bonchev–Trinajstić information content (AvgIpc) is 2.81. The SMILES string of the molecule is Cc1ccc(C(=O)CCC(=O)N2CC(C)CC(C)C2)s1. The average molecular weight is 293 g/mol. The van der Waals surface area contributed by atoms with Crippen molar-refractivity contribution in [2.75, 3.05) is 13.1 Å². The molecule has 1 aromatic heterocycles. The summed E-state index contributed by atoms with van der Waals surface area (Å²) in [5.74, 6) is 1.36. The second kappa shape index (κ2) is 6.53. The van der Waals surface area contributed by atoms with Crippen molar-refractivity contribution in [1.82, 2.24) is 4.90 Å². The van der Waals surface area contributed by atoms with E-state index in [1.807, 2.05) is 24.0 Å². The molecule has 0 aliphatic carbocycles. The van der Waals surface area contributed by atoms with Gasteiger partial charge in [0.2, 0.25) is 5.91 Å². The van der Waals surface area contributed by atoms with E-state index in [9.17, 15) is 9.59 Å². The van der Waals surface area contributed by atoms with Gasteiger partial charge in [0.15, 0.2) is 5.78 Å². The van der Waals surface area contributed by atoms with Crippen molar-refractivity contribution in [3.8, 4) is 0 Å². The van der Waals surface area contributed by atoms with Gasteiger partial charge in [0, 0.05) is 30.8 Å². The topological polar surface area (TPSA) is 37.4 Å². The van der Waals surface area contributed by atoms with E-state index in [-0.39, 0.29) is 11.7 Å². The fraction of sp³-hybridized carbons (Fsp3) is 0.625. The third-order valence-electron chi connectivity index (χ3n) is 3.80. The highest BCUT2D eigenvalue weighted by molar-refractivity contribution is 7.14. The summed E-state index contributed by atoms with van der Waals surface area (Å²) < 4.78 is 0. The molecule has 1 saturated heterocycles. The molecule has 2 heterocycles. The number of hydrogen-bond acceptors (Lipinski definition) is 3. The molecule has 0 bridgehead atoms. The fourth-order valence-electron chi connectivity index (χ4n) is 2.95. The van der Waals surface area contributed by atoms with E-state index < -0.39 is 0 Å². The molecule has 0 N–H and O–H groups in total. The molecule has 4 heteroatoms. The molecule has 3 nitrogen and oxygen atoms in total. The Balaban J connectivity index is 1.84. The summed E-state index contributed by atoms with van der Waals surface area (Å²) in [7, 11) is 0. The standard InChI is InChI=1S/C16H23NO2S/c1-11-8-12(2)10-17(9-11)16(19)7-5-14(18)15-6-4-13(3)20-15/h4,6,11-12H,5,7-10H2,1-3H3. The number of piperidine rings is 1. The summed E-state index contributed by atoms with van der Waals surface area (Å²) in [6, 6.07) is 3.81. The van der Waals surface area contributed by atoms with Crippen molar-refractivity contribution in [1.29, 1.82) is 0 Å². The largest absolute Gasteiger partial charge is 0.342 e. The van der Waals surface area contributed by atoms with E-state index in [4.69, 9.17) is 0 Å². The number of hydrogen-bond donors (Lipinski definition) is 0. The second-order valence-corrected chi connectivity index (χ2v) is 7.37. The van der Waals surface area contributed by atoms with Crippen LogP contribution in [-0.4, -0.2) is 29.7 Å². The minimum atomic E-state index is 0.0922. The van der Waals surface area contributed by atoms with Gasteiger partial charge in [-0.1, -0.05) is 13.8 Å². The van der Waals surface area contributed by atoms with Gasteiger partial charge in [0.05, 0.1) is 4.88 Å². The molecular formula is C16H23NO2S. The number of rotatable bonds is 4. The van der Waals surface area contributed by atoms with Crippen LogP contribution < -0.4 is 0 Å². The first kappa shape index (κ1) is 15.2. The lowest BCUT2D eigenvalue weighted by Gasteiger charge is -2.35. The molecule has 1 aromatic rings. The molecule has 2 unspecified atom stereocenters. The van der Waals surface area contributed by atoms with Gasteiger partial charge in [-0.05, 0) is 37.3 Å². The first-order valence-corrected chi connectivity index (χ1v) is 8.14. The maximum atomic E-state index is 12.2. The molecular weight excluding hydrogens is 270 g/mol. The summed E-state index contributed by atoms with van der Waals surface area (Å²) >= 11 is 1.51. The number of Topliss-reactive ketones (excluding diaryl/α,β-unsaturated/α-hetero) is 1. The van der Waals surface area contributed by atoms with Crippen LogP contribution in [0.25, 0.3) is 0 Å². The second-order valence-electron chi connectivity index (χ2n) is 6.08. The summed E-state index contributed by atoms with van der Waals surface area (Å²) in [5.41, 5.74) is 0. The number of likely N-dealkylation sites (tertiary alicyclic amines) is 1. The highest BCUT2D eigenvalue weighted by Crippen LogP contribution is 2.22. The molecule has 1 aliphatic rings. The Bertz CT molecular complexity index is 484. The van der Waals surface area contributed by atoms with Crippen LogP contribution in [0.4, 0.5) is 0 Å². The van der Waals surface area contributed by atoms with Crippen LogP contribution in [0.5, 0.6) is 0 Å². The number of aryl methyl sites for hydroxylation is 1. The molecule has 0 saturated carbocycles. The molecule has 2 atom stereocenters. The predicted octanol–water partition coefficient (Wildman–Crippen LogP) is 3.52. The van der Waals surface area contributed by atoms with E-state index in [1.54, 1.807) is 0 Å². The Labute approximate surface area is 125 Å². The number of nitrogens with zero attached hydrogens (tertiary/aromatic N) is 1. The third kappa shape index (κ3) is 3.92. The van der Waals surface area contributed by atoms with Gasteiger partial charge in [-0.15, -0.1) is 11.3 Å². The quantitative estimate of drug-likeness (QED) is 0.796. The van der Waals surface area contributed by atoms with Gasteiger partial charge in [0.25, 0.3) is 0 Å². The zero-order valence-electron chi connectivity index (χ0n) is 12.5. The minimum absolute atomic E-state index is 0.0922. The highest BCUT2D eigenvalue weighted by atomic mass is 32.1. The van der Waals surface area contributed by atoms with Crippen molar-refractivity contribution in [3.05, 3.63) is 21.9 Å². The van der Waals surface area contributed by atoms with Gasteiger partial charge in [-0.25, -0.2) is 0 Å². The summed E-state index contributed by atoms with van der Waals surface area (Å²) in [6.45, 7) is 8.05. The first-order chi connectivity index (χ1) is 9.45. The monoisotopic (exact) mass is 293 g/mol. The van der Waals surface area contributed by atoms with Gasteiger partial charge in [-0.3, -0.25) is 9.59 Å². The van der Waals surface area contributed by atoms with Crippen LogP contribution in [0.3, 0.4) is 0 Å². The maximum absolute atomic E-state index is 12.2. The Morgan fingerprint density at radius 2 is 1.85 bits per heavy atom. The lowest BCUT2D eigenvalue weighted by Crippen LogP contribution is -2.42. The van der Waals surface area contributed by atoms with Crippen molar-refractivity contribution in [3.63, 3.8) is 0 Å². The zero-order valence-corrected chi connectivity index (χ0v) is 13.3. The normalized spacial score (nSPS) is 22.9. The van der Waals surface area contributed by atoms with Crippen molar-refractivity contribution in [2.45, 2.75) is 40.0 Å². The Morgan fingerprint density at radius 1 is 1.20 bits per heavy atom. The Morgan fingerprint density at radius 3 is 2.40 bits per heavy atom. The molecule has 20 heavy (non-hydrogen) atoms. The Kier molecular flexibility index (Phi) is 4.97. The third-order valence-corrected chi connectivity index (χ3v) is 4.84. The summed E-state index contributed by atoms with van der Waals surface area (Å²) in [5, 5.41) is 0. The number of thiophene rings is 1. The van der Waals surface area contributed by atoms with Crippen LogP contribution >= 0.6 is 11.3 Å². The van der Waals surface area contributed by atoms with E-state index in [0.29, 0.717) is 24.7 Å². The van der Waals surface area contributed by atoms with E-state index >= 15 is 0 Å². The zero-order chi connectivity index (χ0) is 14.7. The molecule has 1 amide bonds. The molecule has 1 fully saturated rings. The van der Waals surface area contributed by atoms with Crippen LogP contribution in [0.2, 0.25) is 0 Å². The van der Waals surface area contributed by atoms with E-state index in [0.717, 1.165) is 22.8 Å². The van der Waals surface area contributed by atoms with Crippen molar-refractivity contribution in [2.24, 2.45) is 11.8 Å². The molecule has 2 rings (SSSR count). The number of ketones is 1. The summed E-state index contributed by atoms with van der Waals surface area (Å²) in [4.78, 5) is 28.1. The predicted molar refractivity (Wildman–Crippen MR) is 82.1 cm³/mol. The van der Waals surface area contributed by atoms with Gasteiger partial charge in [-0.2, -0.15) is 0 Å². The Hall–Kier alpha value is -1.16. The maximum Gasteiger partial charge on any atom is 0.223 e. The van der Waals surface area contributed by atoms with Crippen LogP contribution in [0.1, 0.15) is 47.7 Å². The molecule has 110 valence electrons.